The van der Waals surface area contributed by atoms with E-state index in [0.717, 1.165) is 7.11 Å². The lowest BCUT2D eigenvalue weighted by atomic mass is 10.1. The fourth-order valence-corrected chi connectivity index (χ4v) is 4.49. The number of methoxy groups -OCH3 is 1. The van der Waals surface area contributed by atoms with Gasteiger partial charge < -0.3 is 10.1 Å². The minimum Gasteiger partial charge on any atom is -0.452 e. The van der Waals surface area contributed by atoms with Crippen molar-refractivity contribution < 1.29 is 19.1 Å². The zero-order valence-electron chi connectivity index (χ0n) is 16.6. The molecule has 10 nitrogen and oxygen atoms in total. The normalized spacial score (nSPS) is 10.2. The maximum Gasteiger partial charge on any atom is 0.425 e. The summed E-state index contributed by atoms with van der Waals surface area (Å²) in [5, 5.41) is 12.1. The molecule has 0 saturated heterocycles. The first-order valence-electron chi connectivity index (χ1n) is 8.93. The highest BCUT2D eigenvalue weighted by Gasteiger charge is 2.22. The van der Waals surface area contributed by atoms with Gasteiger partial charge in [0.15, 0.2) is 5.82 Å². The number of amides is 3. The fraction of sp³-hybridized carbons (Fsp3) is 0.0500. The number of nitriles is 1. The monoisotopic (exact) mass is 638 g/mol. The molecule has 0 unspecified atom stereocenters. The lowest BCUT2D eigenvalue weighted by molar-refractivity contribution is 0.0921. The molecular formula is C20H13Br3N6O4. The van der Waals surface area contributed by atoms with Crippen LogP contribution in [0.2, 0.25) is 0 Å². The van der Waals surface area contributed by atoms with Crippen LogP contribution in [0.25, 0.3) is 5.82 Å². The third-order valence-electron chi connectivity index (χ3n) is 4.16. The Morgan fingerprint density at radius 1 is 1.09 bits per heavy atom. The van der Waals surface area contributed by atoms with Crippen LogP contribution < -0.4 is 16.2 Å². The summed E-state index contributed by atoms with van der Waals surface area (Å²) >= 11 is 9.98. The summed E-state index contributed by atoms with van der Waals surface area (Å²) in [6, 6.07) is 9.91. The van der Waals surface area contributed by atoms with Gasteiger partial charge >= 0.3 is 6.09 Å². The van der Waals surface area contributed by atoms with Crippen molar-refractivity contribution in [2.45, 2.75) is 0 Å². The van der Waals surface area contributed by atoms with Crippen molar-refractivity contribution in [3.05, 3.63) is 73.0 Å². The van der Waals surface area contributed by atoms with E-state index in [0.29, 0.717) is 13.4 Å². The van der Waals surface area contributed by atoms with Gasteiger partial charge in [-0.15, -0.1) is 0 Å². The molecule has 0 spiro atoms. The molecule has 2 heterocycles. The van der Waals surface area contributed by atoms with Crippen molar-refractivity contribution >= 4 is 71.4 Å². The van der Waals surface area contributed by atoms with E-state index in [4.69, 9.17) is 0 Å². The molecule has 3 N–H and O–H groups in total. The predicted octanol–water partition coefficient (Wildman–Crippen LogP) is 4.28. The summed E-state index contributed by atoms with van der Waals surface area (Å²) in [5.74, 6) is -1.01. The third kappa shape index (κ3) is 5.59. The van der Waals surface area contributed by atoms with Crippen LogP contribution in [0.1, 0.15) is 26.4 Å². The van der Waals surface area contributed by atoms with Gasteiger partial charge in [-0.25, -0.2) is 15.2 Å². The topological polar surface area (TPSA) is 138 Å². The number of carbonyl (C=O) groups is 3. The average molecular weight is 641 g/mol. The van der Waals surface area contributed by atoms with E-state index >= 15 is 0 Å². The lowest BCUT2D eigenvalue weighted by Gasteiger charge is -2.15. The number of aromatic nitrogens is 2. The van der Waals surface area contributed by atoms with Crippen molar-refractivity contribution in [3.8, 4) is 11.9 Å². The molecule has 0 bridgehead atoms. The molecule has 33 heavy (non-hydrogen) atoms. The first-order chi connectivity index (χ1) is 15.7. The Bertz CT molecular complexity index is 1300. The highest BCUT2D eigenvalue weighted by molar-refractivity contribution is 9.11. The number of pyridine rings is 1. The van der Waals surface area contributed by atoms with Crippen LogP contribution in [0.4, 0.5) is 10.5 Å². The van der Waals surface area contributed by atoms with Gasteiger partial charge in [-0.2, -0.15) is 5.26 Å². The minimum atomic E-state index is -0.866. The number of rotatable bonds is 4. The van der Waals surface area contributed by atoms with Gasteiger partial charge in [-0.1, -0.05) is 15.9 Å². The maximum atomic E-state index is 13.2. The van der Waals surface area contributed by atoms with Crippen LogP contribution in [-0.4, -0.2) is 34.6 Å². The van der Waals surface area contributed by atoms with Crippen LogP contribution in [0.15, 0.2) is 56.1 Å². The molecule has 3 aromatic rings. The molecule has 0 aliphatic heterocycles. The van der Waals surface area contributed by atoms with Crippen LogP contribution in [0.3, 0.4) is 0 Å². The van der Waals surface area contributed by atoms with Crippen LogP contribution in [0, 0.1) is 11.3 Å². The molecular weight excluding hydrogens is 628 g/mol. The Hall–Kier alpha value is -3.21. The third-order valence-corrected chi connectivity index (χ3v) is 5.67. The number of carbonyl (C=O) groups excluding carboxylic acids is 3. The molecule has 13 heteroatoms. The molecule has 0 saturated carbocycles. The standard InChI is InChI=1S/C20H13Br3N6O4/c1-33-20(32)28-27-18(30)13-5-11(21)6-14(23)16(13)26-19(31)15-7-12(22)9-29(15)17-10(8-24)3-2-4-25-17/h2-7,9H,1H3,(H,26,31)(H,27,30)(H,28,32). The van der Waals surface area contributed by atoms with Crippen molar-refractivity contribution in [2.75, 3.05) is 12.4 Å². The van der Waals surface area contributed by atoms with Crippen LogP contribution in [0.5, 0.6) is 0 Å². The molecule has 168 valence electrons. The Morgan fingerprint density at radius 3 is 2.55 bits per heavy atom. The highest BCUT2D eigenvalue weighted by Crippen LogP contribution is 2.32. The van der Waals surface area contributed by atoms with E-state index in [9.17, 15) is 19.6 Å². The zero-order valence-corrected chi connectivity index (χ0v) is 21.4. The maximum absolute atomic E-state index is 13.2. The fourth-order valence-electron chi connectivity index (χ4n) is 2.74. The van der Waals surface area contributed by atoms with Gasteiger partial charge in [0.25, 0.3) is 11.8 Å². The lowest BCUT2D eigenvalue weighted by Crippen LogP contribution is -2.41. The molecule has 1 aromatic carbocycles. The molecule has 0 radical (unpaired) electrons. The number of nitrogens with one attached hydrogen (secondary N) is 3. The summed E-state index contributed by atoms with van der Waals surface area (Å²) in [6.45, 7) is 0. The van der Waals surface area contributed by atoms with Gasteiger partial charge in [0.2, 0.25) is 0 Å². The van der Waals surface area contributed by atoms with E-state index in [2.05, 4.69) is 73.7 Å². The number of ether oxygens (including phenoxy) is 1. The summed E-state index contributed by atoms with van der Waals surface area (Å²) in [6.07, 6.45) is 2.24. The van der Waals surface area contributed by atoms with Crippen molar-refractivity contribution in [2.24, 2.45) is 0 Å². The van der Waals surface area contributed by atoms with Gasteiger partial charge in [-0.3, -0.25) is 19.6 Å². The van der Waals surface area contributed by atoms with E-state index < -0.39 is 17.9 Å². The molecule has 2 aromatic heterocycles. The molecule has 3 rings (SSSR count). The highest BCUT2D eigenvalue weighted by atomic mass is 79.9. The second-order valence-electron chi connectivity index (χ2n) is 6.23. The van der Waals surface area contributed by atoms with Gasteiger partial charge in [0.05, 0.1) is 23.9 Å². The quantitative estimate of drug-likeness (QED) is 0.364. The second-order valence-corrected chi connectivity index (χ2v) is 8.92. The number of hydrazine groups is 1. The summed E-state index contributed by atoms with van der Waals surface area (Å²) in [4.78, 5) is 41.4. The zero-order chi connectivity index (χ0) is 24.1. The van der Waals surface area contributed by atoms with E-state index in [1.807, 2.05) is 6.07 Å². The van der Waals surface area contributed by atoms with Crippen molar-refractivity contribution in [3.63, 3.8) is 0 Å². The molecule has 0 atom stereocenters. The van der Waals surface area contributed by atoms with Crippen molar-refractivity contribution in [1.29, 1.82) is 5.26 Å². The summed E-state index contributed by atoms with van der Waals surface area (Å²) < 4.78 is 7.42. The van der Waals surface area contributed by atoms with Gasteiger partial charge in [-0.05, 0) is 62.2 Å². The van der Waals surface area contributed by atoms with Crippen molar-refractivity contribution in [1.82, 2.24) is 20.4 Å². The Kier molecular flexibility index (Phi) is 7.85. The molecule has 3 amide bonds. The van der Waals surface area contributed by atoms with E-state index in [1.54, 1.807) is 30.5 Å². The Morgan fingerprint density at radius 2 is 1.85 bits per heavy atom. The van der Waals surface area contributed by atoms with E-state index in [1.165, 1.54) is 16.8 Å². The number of anilines is 1. The molecule has 0 aliphatic carbocycles. The van der Waals surface area contributed by atoms with Gasteiger partial charge in [0, 0.05) is 25.8 Å². The Balaban J connectivity index is 1.99. The predicted molar refractivity (Wildman–Crippen MR) is 129 cm³/mol. The molecule has 0 fully saturated rings. The SMILES string of the molecule is COC(=O)NNC(=O)c1cc(Br)cc(Br)c1NC(=O)c1cc(Br)cn1-c1ncccc1C#N. The number of halogens is 3. The minimum absolute atomic E-state index is 0.0497. The summed E-state index contributed by atoms with van der Waals surface area (Å²) in [5.41, 5.74) is 4.90. The Labute approximate surface area is 212 Å². The van der Waals surface area contributed by atoms with Crippen LogP contribution in [-0.2, 0) is 4.74 Å². The number of hydrogen-bond acceptors (Lipinski definition) is 6. The van der Waals surface area contributed by atoms with E-state index in [-0.39, 0.29) is 28.3 Å². The van der Waals surface area contributed by atoms with Crippen LogP contribution >= 0.6 is 47.8 Å². The molecule has 0 aliphatic rings. The average Bonchev–Trinajstić information content (AvgIpc) is 3.20. The first-order valence-corrected chi connectivity index (χ1v) is 11.3. The number of benzene rings is 1. The number of hydrogen-bond donors (Lipinski definition) is 3. The summed E-state index contributed by atoms with van der Waals surface area (Å²) in [7, 11) is 1.15. The second kappa shape index (κ2) is 10.6. The first kappa shape index (κ1) is 24.4. The largest absolute Gasteiger partial charge is 0.452 e. The number of nitrogens with zero attached hydrogens (tertiary/aromatic N) is 3. The smallest absolute Gasteiger partial charge is 0.425 e. The van der Waals surface area contributed by atoms with Gasteiger partial charge in [0.1, 0.15) is 11.8 Å².